The Morgan fingerprint density at radius 3 is 1.31 bits per heavy atom. The van der Waals surface area contributed by atoms with E-state index in [4.69, 9.17) is 19.8 Å². The van der Waals surface area contributed by atoms with Crippen molar-refractivity contribution in [3.63, 3.8) is 0 Å². The third-order valence-corrected chi connectivity index (χ3v) is 7.83. The summed E-state index contributed by atoms with van der Waals surface area (Å²) in [5, 5.41) is 34.8. The summed E-state index contributed by atoms with van der Waals surface area (Å²) < 4.78 is 0. The molecule has 0 saturated heterocycles. The summed E-state index contributed by atoms with van der Waals surface area (Å²) >= 11 is 0. The average molecular weight is 587 g/mol. The van der Waals surface area contributed by atoms with Gasteiger partial charge in [-0.2, -0.15) is 0 Å². The first-order valence-corrected chi connectivity index (χ1v) is 15.0. The van der Waals surface area contributed by atoms with Crippen molar-refractivity contribution < 1.29 is 30.0 Å². The van der Waals surface area contributed by atoms with E-state index in [1.807, 2.05) is 27.7 Å². The number of carboxylic acid groups (broad SMARTS) is 2. The number of fused-ring (bicyclic) bond motifs is 2. The zero-order chi connectivity index (χ0) is 31.7. The number of hydrogen-bond acceptors (Lipinski definition) is 8. The van der Waals surface area contributed by atoms with Crippen LogP contribution in [0.15, 0.2) is 0 Å². The maximum Gasteiger partial charge on any atom is 0.414 e. The van der Waals surface area contributed by atoms with Crippen molar-refractivity contribution in [1.29, 1.82) is 0 Å². The minimum atomic E-state index is -1.82. The molecular weight excluding hydrogens is 536 g/mol. The molecule has 0 radical (unpaired) electrons. The van der Waals surface area contributed by atoms with Gasteiger partial charge >= 0.3 is 11.9 Å². The Bertz CT molecular complexity index is 1150. The lowest BCUT2D eigenvalue weighted by Crippen LogP contribution is -2.32. The van der Waals surface area contributed by atoms with Gasteiger partial charge in [0.05, 0.1) is 11.4 Å². The molecule has 0 aliphatic carbocycles. The van der Waals surface area contributed by atoms with Gasteiger partial charge in [0.2, 0.25) is 0 Å². The average Bonchev–Trinajstić information content (AvgIpc) is 2.93. The van der Waals surface area contributed by atoms with Crippen molar-refractivity contribution >= 4 is 23.6 Å². The number of carbonyl (C=O) groups is 2. The maximum atomic E-state index is 9.99. The Labute approximate surface area is 250 Å². The van der Waals surface area contributed by atoms with Crippen LogP contribution in [0.2, 0.25) is 0 Å². The van der Waals surface area contributed by atoms with E-state index in [0.29, 0.717) is 11.5 Å². The number of aliphatic carboxylic acids is 2. The van der Waals surface area contributed by atoms with E-state index < -0.39 is 11.9 Å². The van der Waals surface area contributed by atoms with Gasteiger partial charge in [-0.3, -0.25) is 0 Å². The number of rotatable bonds is 6. The lowest BCUT2D eigenvalue weighted by Gasteiger charge is -2.32. The standard InChI is InChI=1S/2C15H24N2O.C2H2O4/c2*1-10(2)7-9-17-8-5-6-13-11(3)14(18)12(4)16-15(13)17;3-1(4)2(5)6/h2*10,18H,5-9H2,1-4H3;(H,3,4)(H,5,6). The van der Waals surface area contributed by atoms with E-state index >= 15 is 0 Å². The number of pyridine rings is 2. The van der Waals surface area contributed by atoms with Gasteiger partial charge in [0.1, 0.15) is 23.1 Å². The second kappa shape index (κ2) is 15.6. The molecule has 2 aliphatic heterocycles. The Balaban J connectivity index is 0.000000247. The molecule has 0 unspecified atom stereocenters. The van der Waals surface area contributed by atoms with Gasteiger partial charge < -0.3 is 30.2 Å². The van der Waals surface area contributed by atoms with Crippen molar-refractivity contribution in [2.45, 2.75) is 93.9 Å². The van der Waals surface area contributed by atoms with E-state index in [1.54, 1.807) is 0 Å². The predicted octanol–water partition coefficient (Wildman–Crippen LogP) is 5.56. The van der Waals surface area contributed by atoms with Crippen molar-refractivity contribution in [3.8, 4) is 11.5 Å². The fourth-order valence-corrected chi connectivity index (χ4v) is 5.21. The summed E-state index contributed by atoms with van der Waals surface area (Å²) in [4.78, 5) is 32.2. The number of hydrogen-bond donors (Lipinski definition) is 4. The highest BCUT2D eigenvalue weighted by Crippen LogP contribution is 2.35. The van der Waals surface area contributed by atoms with Crippen LogP contribution in [0.1, 0.15) is 87.0 Å². The van der Waals surface area contributed by atoms with Gasteiger partial charge in [-0.05, 0) is 89.2 Å². The Morgan fingerprint density at radius 1 is 0.690 bits per heavy atom. The molecule has 0 atom stereocenters. The molecule has 0 saturated carbocycles. The van der Waals surface area contributed by atoms with Crippen LogP contribution in [0.3, 0.4) is 0 Å². The van der Waals surface area contributed by atoms with Crippen LogP contribution in [0, 0.1) is 39.5 Å². The molecule has 234 valence electrons. The first-order valence-electron chi connectivity index (χ1n) is 15.0. The van der Waals surface area contributed by atoms with Gasteiger partial charge in [0.15, 0.2) is 0 Å². The third kappa shape index (κ3) is 9.22. The summed E-state index contributed by atoms with van der Waals surface area (Å²) in [5.74, 6) is 0.748. The van der Waals surface area contributed by atoms with Crippen LogP contribution in [0.4, 0.5) is 11.6 Å². The van der Waals surface area contributed by atoms with Crippen LogP contribution in [-0.4, -0.2) is 68.5 Å². The van der Waals surface area contributed by atoms with E-state index in [-0.39, 0.29) is 0 Å². The highest BCUT2D eigenvalue weighted by atomic mass is 16.4. The topological polar surface area (TPSA) is 147 Å². The summed E-state index contributed by atoms with van der Waals surface area (Å²) in [6.45, 7) is 21.1. The summed E-state index contributed by atoms with van der Waals surface area (Å²) in [6, 6.07) is 0. The molecule has 10 nitrogen and oxygen atoms in total. The molecule has 4 heterocycles. The van der Waals surface area contributed by atoms with Gasteiger partial charge in [0.25, 0.3) is 0 Å². The number of aromatic nitrogens is 2. The minimum Gasteiger partial charge on any atom is -0.506 e. The van der Waals surface area contributed by atoms with Crippen LogP contribution < -0.4 is 9.80 Å². The van der Waals surface area contributed by atoms with E-state index in [1.165, 1.54) is 24.0 Å². The highest BCUT2D eigenvalue weighted by Gasteiger charge is 2.24. The van der Waals surface area contributed by atoms with Gasteiger partial charge in [-0.1, -0.05) is 27.7 Å². The molecule has 2 aromatic rings. The number of anilines is 2. The summed E-state index contributed by atoms with van der Waals surface area (Å²) in [6.07, 6.45) is 6.80. The van der Waals surface area contributed by atoms with Crippen molar-refractivity contribution in [2.75, 3.05) is 36.0 Å². The lowest BCUT2D eigenvalue weighted by atomic mass is 9.98. The van der Waals surface area contributed by atoms with Crippen LogP contribution in [0.25, 0.3) is 0 Å². The molecule has 0 aromatic carbocycles. The molecule has 4 rings (SSSR count). The number of aryl methyl sites for hydroxylation is 2. The van der Waals surface area contributed by atoms with Crippen LogP contribution in [0.5, 0.6) is 11.5 Å². The minimum absolute atomic E-state index is 0.374. The quantitative estimate of drug-likeness (QED) is 0.317. The van der Waals surface area contributed by atoms with Gasteiger partial charge in [-0.25, -0.2) is 19.6 Å². The monoisotopic (exact) mass is 586 g/mol. The Morgan fingerprint density at radius 2 is 1.02 bits per heavy atom. The molecule has 0 spiro atoms. The SMILES string of the molecule is Cc1nc2c(c(C)c1O)CCCN2CCC(C)C.Cc1nc2c(c(C)c1O)CCCN2CCC(C)C.O=C(O)C(=O)O. The molecule has 0 bridgehead atoms. The highest BCUT2D eigenvalue weighted by molar-refractivity contribution is 6.27. The molecule has 4 N–H and O–H groups in total. The molecule has 42 heavy (non-hydrogen) atoms. The normalized spacial score (nSPS) is 14.0. The zero-order valence-electron chi connectivity index (χ0n) is 26.6. The number of carboxylic acids is 2. The van der Waals surface area contributed by atoms with E-state index in [2.05, 4.69) is 47.5 Å². The zero-order valence-corrected chi connectivity index (χ0v) is 26.6. The van der Waals surface area contributed by atoms with Crippen LogP contribution >= 0.6 is 0 Å². The summed E-state index contributed by atoms with van der Waals surface area (Å²) in [7, 11) is 0. The molecule has 2 aliphatic rings. The third-order valence-electron chi connectivity index (χ3n) is 7.83. The first kappa shape index (κ1) is 34.6. The molecule has 0 amide bonds. The van der Waals surface area contributed by atoms with Crippen molar-refractivity contribution in [1.82, 2.24) is 9.97 Å². The lowest BCUT2D eigenvalue weighted by molar-refractivity contribution is -0.159. The fourth-order valence-electron chi connectivity index (χ4n) is 5.21. The Kier molecular flexibility index (Phi) is 12.9. The van der Waals surface area contributed by atoms with Gasteiger partial charge in [0, 0.05) is 37.3 Å². The van der Waals surface area contributed by atoms with Crippen molar-refractivity contribution in [2.24, 2.45) is 11.8 Å². The molecule has 10 heteroatoms. The molecule has 0 fully saturated rings. The Hall–Kier alpha value is -3.56. The maximum absolute atomic E-state index is 9.99. The summed E-state index contributed by atoms with van der Waals surface area (Å²) in [5.41, 5.74) is 6.03. The van der Waals surface area contributed by atoms with Crippen molar-refractivity contribution in [3.05, 3.63) is 33.6 Å². The number of aromatic hydroxyl groups is 2. The fraction of sp³-hybridized carbons (Fsp3) is 0.625. The molecule has 2 aromatic heterocycles. The van der Waals surface area contributed by atoms with Gasteiger partial charge in [-0.15, -0.1) is 0 Å². The second-order valence-corrected chi connectivity index (χ2v) is 12.1. The van der Waals surface area contributed by atoms with E-state index in [0.717, 1.165) is 97.8 Å². The number of nitrogens with zero attached hydrogens (tertiary/aromatic N) is 4. The predicted molar refractivity (Wildman–Crippen MR) is 166 cm³/mol. The second-order valence-electron chi connectivity index (χ2n) is 12.1. The van der Waals surface area contributed by atoms with E-state index in [9.17, 15) is 10.2 Å². The van der Waals surface area contributed by atoms with Crippen LogP contribution in [-0.2, 0) is 22.4 Å². The first-order chi connectivity index (χ1) is 19.6. The smallest absolute Gasteiger partial charge is 0.414 e. The largest absolute Gasteiger partial charge is 0.506 e. The molecular formula is C32H50N4O6.